The maximum atomic E-state index is 4.51. The van der Waals surface area contributed by atoms with Gasteiger partial charge in [0, 0.05) is 30.6 Å². The number of nitrogens with one attached hydrogen (secondary N) is 3. The molecule has 0 radical (unpaired) electrons. The predicted octanol–water partition coefficient (Wildman–Crippen LogP) is 2.43. The number of aromatic nitrogens is 1. The molecule has 7 heteroatoms. The fraction of sp³-hybridized carbons (Fsp3) is 0.714. The van der Waals surface area contributed by atoms with Crippen molar-refractivity contribution in [1.82, 2.24) is 20.9 Å². The van der Waals surface area contributed by atoms with Crippen LogP contribution in [0.15, 0.2) is 4.99 Å². The van der Waals surface area contributed by atoms with Crippen LogP contribution in [0.1, 0.15) is 36.3 Å². The van der Waals surface area contributed by atoms with Gasteiger partial charge in [0.2, 0.25) is 0 Å². The molecular formula is C14H28IN5S. The van der Waals surface area contributed by atoms with Gasteiger partial charge in [0.1, 0.15) is 5.01 Å². The first-order chi connectivity index (χ1) is 9.31. The summed E-state index contributed by atoms with van der Waals surface area (Å²) in [6.45, 7) is 13.1. The van der Waals surface area contributed by atoms with E-state index < -0.39 is 0 Å². The quantitative estimate of drug-likeness (QED) is 0.294. The Balaban J connectivity index is 0.00000400. The highest BCUT2D eigenvalue weighted by atomic mass is 127. The molecule has 0 saturated carbocycles. The molecule has 0 aliphatic heterocycles. The summed E-state index contributed by atoms with van der Waals surface area (Å²) in [6, 6.07) is 0. The van der Waals surface area contributed by atoms with Crippen molar-refractivity contribution in [3.8, 4) is 0 Å². The number of aryl methyl sites for hydroxylation is 2. The third-order valence-corrected chi connectivity index (χ3v) is 3.85. The summed E-state index contributed by atoms with van der Waals surface area (Å²) in [5.41, 5.74) is 1.26. The second kappa shape index (κ2) is 9.58. The summed E-state index contributed by atoms with van der Waals surface area (Å²) < 4.78 is 0. The first-order valence-electron chi connectivity index (χ1n) is 6.94. The summed E-state index contributed by atoms with van der Waals surface area (Å²) >= 11 is 1.73. The largest absolute Gasteiger partial charge is 0.355 e. The normalized spacial score (nSPS) is 12.0. The van der Waals surface area contributed by atoms with Crippen LogP contribution in [0, 0.1) is 13.8 Å². The Morgan fingerprint density at radius 1 is 1.19 bits per heavy atom. The second-order valence-corrected chi connectivity index (χ2v) is 7.07. The summed E-state index contributed by atoms with van der Waals surface area (Å²) in [7, 11) is 1.78. The van der Waals surface area contributed by atoms with Gasteiger partial charge in [-0.1, -0.05) is 0 Å². The lowest BCUT2D eigenvalue weighted by atomic mass is 10.1. The summed E-state index contributed by atoms with van der Waals surface area (Å²) in [5.74, 6) is 0.811. The molecule has 1 aromatic heterocycles. The molecule has 1 aromatic rings. The minimum Gasteiger partial charge on any atom is -0.355 e. The number of rotatable bonds is 5. The molecule has 21 heavy (non-hydrogen) atoms. The van der Waals surface area contributed by atoms with Gasteiger partial charge in [0.05, 0.1) is 12.2 Å². The van der Waals surface area contributed by atoms with Gasteiger partial charge in [-0.15, -0.1) is 35.3 Å². The van der Waals surface area contributed by atoms with Gasteiger partial charge in [-0.3, -0.25) is 4.99 Å². The average Bonchev–Trinajstić information content (AvgIpc) is 2.66. The molecular weight excluding hydrogens is 397 g/mol. The maximum Gasteiger partial charge on any atom is 0.191 e. The molecule has 0 fully saturated rings. The average molecular weight is 425 g/mol. The molecule has 0 aromatic carbocycles. The molecule has 1 heterocycles. The topological polar surface area (TPSA) is 61.3 Å². The van der Waals surface area contributed by atoms with Crippen LogP contribution in [-0.4, -0.2) is 36.6 Å². The monoisotopic (exact) mass is 425 g/mol. The summed E-state index contributed by atoms with van der Waals surface area (Å²) in [6.07, 6.45) is 0. The fourth-order valence-electron chi connectivity index (χ4n) is 1.61. The smallest absolute Gasteiger partial charge is 0.191 e. The first-order valence-corrected chi connectivity index (χ1v) is 7.76. The summed E-state index contributed by atoms with van der Waals surface area (Å²) in [5, 5.41) is 11.1. The van der Waals surface area contributed by atoms with Crippen molar-refractivity contribution >= 4 is 41.3 Å². The number of thiazole rings is 1. The Labute approximate surface area is 149 Å². The van der Waals surface area contributed by atoms with Crippen molar-refractivity contribution in [2.45, 2.75) is 46.7 Å². The van der Waals surface area contributed by atoms with Gasteiger partial charge >= 0.3 is 0 Å². The van der Waals surface area contributed by atoms with Crippen molar-refractivity contribution in [2.24, 2.45) is 4.99 Å². The molecule has 3 N–H and O–H groups in total. The molecule has 0 aliphatic carbocycles. The van der Waals surface area contributed by atoms with E-state index in [2.05, 4.69) is 53.6 Å². The highest BCUT2D eigenvalue weighted by Crippen LogP contribution is 2.15. The Morgan fingerprint density at radius 2 is 1.86 bits per heavy atom. The van der Waals surface area contributed by atoms with E-state index in [1.54, 1.807) is 18.4 Å². The molecule has 1 rings (SSSR count). The minimum absolute atomic E-state index is 0. The molecule has 122 valence electrons. The van der Waals surface area contributed by atoms with Crippen molar-refractivity contribution in [3.05, 3.63) is 15.6 Å². The Hall–Kier alpha value is -0.410. The molecule has 0 amide bonds. The van der Waals surface area contributed by atoms with Crippen LogP contribution in [-0.2, 0) is 6.54 Å². The summed E-state index contributed by atoms with van der Waals surface area (Å²) in [4.78, 5) is 9.99. The number of hydrogen-bond acceptors (Lipinski definition) is 4. The van der Waals surface area contributed by atoms with Crippen LogP contribution in [0.4, 0.5) is 0 Å². The van der Waals surface area contributed by atoms with Crippen molar-refractivity contribution < 1.29 is 0 Å². The molecule has 0 aliphatic rings. The van der Waals surface area contributed by atoms with E-state index in [4.69, 9.17) is 0 Å². The lowest BCUT2D eigenvalue weighted by molar-refractivity contribution is 0.428. The SMILES string of the molecule is CN=C(NCCNC(C)(C)C)NCc1nc(C)c(C)s1.I. The Morgan fingerprint density at radius 3 is 2.33 bits per heavy atom. The van der Waals surface area contributed by atoms with Gasteiger partial charge in [0.15, 0.2) is 5.96 Å². The van der Waals surface area contributed by atoms with Gasteiger partial charge < -0.3 is 16.0 Å². The molecule has 0 bridgehead atoms. The maximum absolute atomic E-state index is 4.51. The van der Waals surface area contributed by atoms with Crippen LogP contribution < -0.4 is 16.0 Å². The van der Waals surface area contributed by atoms with E-state index in [0.717, 1.165) is 29.8 Å². The van der Waals surface area contributed by atoms with E-state index in [9.17, 15) is 0 Å². The van der Waals surface area contributed by atoms with Crippen LogP contribution in [0.5, 0.6) is 0 Å². The minimum atomic E-state index is 0. The van der Waals surface area contributed by atoms with E-state index in [-0.39, 0.29) is 29.5 Å². The van der Waals surface area contributed by atoms with Gasteiger partial charge in [-0.05, 0) is 34.6 Å². The zero-order valence-electron chi connectivity index (χ0n) is 13.8. The number of nitrogens with zero attached hydrogens (tertiary/aromatic N) is 2. The van der Waals surface area contributed by atoms with Crippen LogP contribution in [0.2, 0.25) is 0 Å². The first kappa shape index (κ1) is 20.6. The molecule has 0 atom stereocenters. The van der Waals surface area contributed by atoms with E-state index in [1.807, 2.05) is 6.92 Å². The van der Waals surface area contributed by atoms with Crippen molar-refractivity contribution in [1.29, 1.82) is 0 Å². The van der Waals surface area contributed by atoms with E-state index >= 15 is 0 Å². The van der Waals surface area contributed by atoms with Crippen LogP contribution in [0.3, 0.4) is 0 Å². The third kappa shape index (κ3) is 8.57. The van der Waals surface area contributed by atoms with Crippen LogP contribution in [0.25, 0.3) is 0 Å². The van der Waals surface area contributed by atoms with Gasteiger partial charge in [0.25, 0.3) is 0 Å². The van der Waals surface area contributed by atoms with Crippen molar-refractivity contribution in [3.63, 3.8) is 0 Å². The zero-order chi connectivity index (χ0) is 15.2. The lowest BCUT2D eigenvalue weighted by Crippen LogP contribution is -2.44. The van der Waals surface area contributed by atoms with Crippen molar-refractivity contribution in [2.75, 3.05) is 20.1 Å². The highest BCUT2D eigenvalue weighted by molar-refractivity contribution is 14.0. The number of halogens is 1. The van der Waals surface area contributed by atoms with Gasteiger partial charge in [-0.2, -0.15) is 0 Å². The Bertz CT molecular complexity index is 431. The number of hydrogen-bond donors (Lipinski definition) is 3. The lowest BCUT2D eigenvalue weighted by Gasteiger charge is -2.21. The molecule has 5 nitrogen and oxygen atoms in total. The Kier molecular flexibility index (Phi) is 9.39. The highest BCUT2D eigenvalue weighted by Gasteiger charge is 2.08. The number of aliphatic imine (C=N–C) groups is 1. The second-order valence-electron chi connectivity index (χ2n) is 5.78. The molecule has 0 spiro atoms. The zero-order valence-corrected chi connectivity index (χ0v) is 17.0. The third-order valence-electron chi connectivity index (χ3n) is 2.78. The predicted molar refractivity (Wildman–Crippen MR) is 103 cm³/mol. The fourth-order valence-corrected chi connectivity index (χ4v) is 2.49. The molecule has 0 unspecified atom stereocenters. The van der Waals surface area contributed by atoms with Gasteiger partial charge in [-0.25, -0.2) is 4.98 Å². The number of guanidine groups is 1. The van der Waals surface area contributed by atoms with E-state index in [0.29, 0.717) is 6.54 Å². The standard InChI is InChI=1S/C14H27N5S.HI/c1-10-11(2)20-12(19-10)9-17-13(15-6)16-7-8-18-14(3,4)5;/h18H,7-9H2,1-6H3,(H2,15,16,17);1H. The molecule has 0 saturated heterocycles. The van der Waals surface area contributed by atoms with E-state index in [1.165, 1.54) is 4.88 Å². The van der Waals surface area contributed by atoms with Crippen LogP contribution >= 0.6 is 35.3 Å².